The van der Waals surface area contributed by atoms with Crippen LogP contribution in [-0.4, -0.2) is 43.5 Å². The van der Waals surface area contributed by atoms with Crippen molar-refractivity contribution in [1.29, 1.82) is 0 Å². The molecule has 3 aromatic heterocycles. The molecule has 3 rings (SSSR count). The molecule has 1 amide bonds. The first-order valence-corrected chi connectivity index (χ1v) is 8.44. The van der Waals surface area contributed by atoms with Crippen molar-refractivity contribution in [3.8, 4) is 0 Å². The number of carbonyl (C=O) groups is 1. The number of hydrogen-bond donors (Lipinski definition) is 1. The Labute approximate surface area is 146 Å². The largest absolute Gasteiger partial charge is 0.346 e. The molecule has 0 aromatic carbocycles. The summed E-state index contributed by atoms with van der Waals surface area (Å²) in [5, 5.41) is 7.13. The van der Waals surface area contributed by atoms with Crippen LogP contribution in [-0.2, 0) is 13.1 Å². The lowest BCUT2D eigenvalue weighted by Crippen LogP contribution is -2.23. The summed E-state index contributed by atoms with van der Waals surface area (Å²) >= 11 is 0. The van der Waals surface area contributed by atoms with Crippen LogP contribution in [0.25, 0.3) is 5.65 Å². The molecule has 7 heteroatoms. The molecule has 0 fully saturated rings. The summed E-state index contributed by atoms with van der Waals surface area (Å²) in [6, 6.07) is 5.60. The highest BCUT2D eigenvalue weighted by Gasteiger charge is 2.14. The number of nitrogens with zero attached hydrogens (tertiary/aromatic N) is 5. The van der Waals surface area contributed by atoms with Crippen molar-refractivity contribution in [3.63, 3.8) is 0 Å². The zero-order chi connectivity index (χ0) is 17.6. The number of amides is 1. The van der Waals surface area contributed by atoms with Gasteiger partial charge in [-0.05, 0) is 25.2 Å². The molecule has 0 atom stereocenters. The molecule has 0 unspecified atom stereocenters. The van der Waals surface area contributed by atoms with Crippen molar-refractivity contribution >= 4 is 11.6 Å². The second-order valence-corrected chi connectivity index (χ2v) is 5.75. The molecule has 0 aliphatic heterocycles. The summed E-state index contributed by atoms with van der Waals surface area (Å²) in [6.45, 7) is 7.42. The Hall–Kier alpha value is -2.80. The molecular formula is C18H22N6O. The first-order valence-electron chi connectivity index (χ1n) is 8.44. The van der Waals surface area contributed by atoms with Gasteiger partial charge in [0.2, 0.25) is 0 Å². The zero-order valence-electron chi connectivity index (χ0n) is 14.5. The number of hydrogen-bond acceptors (Lipinski definition) is 5. The fraction of sp³-hybridized carbons (Fsp3) is 0.333. The van der Waals surface area contributed by atoms with Gasteiger partial charge in [0.05, 0.1) is 18.4 Å². The van der Waals surface area contributed by atoms with E-state index in [2.05, 4.69) is 39.1 Å². The van der Waals surface area contributed by atoms with Crippen molar-refractivity contribution < 1.29 is 4.79 Å². The third-order valence-corrected chi connectivity index (χ3v) is 4.11. The molecular weight excluding hydrogens is 316 g/mol. The van der Waals surface area contributed by atoms with Crippen LogP contribution in [0.5, 0.6) is 0 Å². The summed E-state index contributed by atoms with van der Waals surface area (Å²) in [4.78, 5) is 23.3. The number of pyridine rings is 1. The van der Waals surface area contributed by atoms with Gasteiger partial charge in [-0.15, -0.1) is 0 Å². The second-order valence-electron chi connectivity index (χ2n) is 5.75. The van der Waals surface area contributed by atoms with Crippen LogP contribution >= 0.6 is 0 Å². The van der Waals surface area contributed by atoms with Gasteiger partial charge in [0.15, 0.2) is 5.65 Å². The number of fused-ring (bicyclic) bond motifs is 1. The van der Waals surface area contributed by atoms with Crippen LogP contribution in [0.4, 0.5) is 0 Å². The Morgan fingerprint density at radius 2 is 2.04 bits per heavy atom. The van der Waals surface area contributed by atoms with Gasteiger partial charge in [-0.25, -0.2) is 9.50 Å². The molecule has 3 aromatic rings. The molecule has 130 valence electrons. The van der Waals surface area contributed by atoms with E-state index in [-0.39, 0.29) is 5.91 Å². The maximum absolute atomic E-state index is 12.4. The van der Waals surface area contributed by atoms with Gasteiger partial charge < -0.3 is 5.32 Å². The molecule has 0 bridgehead atoms. The molecule has 0 aliphatic rings. The smallest absolute Gasteiger partial charge is 0.257 e. The van der Waals surface area contributed by atoms with E-state index in [1.165, 1.54) is 0 Å². The van der Waals surface area contributed by atoms with Crippen LogP contribution < -0.4 is 5.32 Å². The lowest BCUT2D eigenvalue weighted by Gasteiger charge is -2.17. The highest BCUT2D eigenvalue weighted by atomic mass is 16.1. The van der Waals surface area contributed by atoms with E-state index in [0.29, 0.717) is 17.8 Å². The van der Waals surface area contributed by atoms with Crippen molar-refractivity contribution in [2.45, 2.75) is 26.9 Å². The van der Waals surface area contributed by atoms with E-state index in [4.69, 9.17) is 0 Å². The number of rotatable bonds is 7. The topological polar surface area (TPSA) is 75.4 Å². The Morgan fingerprint density at radius 3 is 2.76 bits per heavy atom. The van der Waals surface area contributed by atoms with Gasteiger partial charge in [0.25, 0.3) is 5.91 Å². The van der Waals surface area contributed by atoms with Gasteiger partial charge in [-0.3, -0.25) is 14.7 Å². The summed E-state index contributed by atoms with van der Waals surface area (Å²) in [7, 11) is 0. The molecule has 7 nitrogen and oxygen atoms in total. The maximum Gasteiger partial charge on any atom is 0.257 e. The predicted molar refractivity (Wildman–Crippen MR) is 95.0 cm³/mol. The molecule has 3 heterocycles. The molecule has 1 N–H and O–H groups in total. The summed E-state index contributed by atoms with van der Waals surface area (Å²) in [5.74, 6) is -0.204. The van der Waals surface area contributed by atoms with Gasteiger partial charge >= 0.3 is 0 Å². The average molecular weight is 338 g/mol. The van der Waals surface area contributed by atoms with Gasteiger partial charge in [-0.2, -0.15) is 5.10 Å². The molecule has 0 saturated carbocycles. The Morgan fingerprint density at radius 1 is 1.20 bits per heavy atom. The van der Waals surface area contributed by atoms with E-state index in [1.807, 2.05) is 30.6 Å². The van der Waals surface area contributed by atoms with Gasteiger partial charge in [0.1, 0.15) is 5.56 Å². The normalized spacial score (nSPS) is 11.2. The summed E-state index contributed by atoms with van der Waals surface area (Å²) in [5.41, 5.74) is 2.90. The van der Waals surface area contributed by atoms with Crippen LogP contribution in [0, 0.1) is 0 Å². The lowest BCUT2D eigenvalue weighted by atomic mass is 10.2. The van der Waals surface area contributed by atoms with E-state index >= 15 is 0 Å². The Bertz CT molecular complexity index is 841. The minimum atomic E-state index is -0.204. The van der Waals surface area contributed by atoms with E-state index in [1.54, 1.807) is 16.9 Å². The van der Waals surface area contributed by atoms with E-state index < -0.39 is 0 Å². The van der Waals surface area contributed by atoms with Crippen LogP contribution in [0.1, 0.15) is 35.5 Å². The lowest BCUT2D eigenvalue weighted by molar-refractivity contribution is 0.0952. The van der Waals surface area contributed by atoms with Crippen LogP contribution in [0.3, 0.4) is 0 Å². The number of carbonyl (C=O) groups excluding carboxylic acids is 1. The summed E-state index contributed by atoms with van der Waals surface area (Å²) < 4.78 is 1.66. The second kappa shape index (κ2) is 7.85. The minimum absolute atomic E-state index is 0.204. The van der Waals surface area contributed by atoms with Crippen molar-refractivity contribution in [2.24, 2.45) is 0 Å². The Kier molecular flexibility index (Phi) is 5.35. The minimum Gasteiger partial charge on any atom is -0.346 e. The zero-order valence-corrected chi connectivity index (χ0v) is 14.5. The Balaban J connectivity index is 1.73. The quantitative estimate of drug-likeness (QED) is 0.712. The molecule has 0 spiro atoms. The third-order valence-electron chi connectivity index (χ3n) is 4.11. The van der Waals surface area contributed by atoms with Gasteiger partial charge in [-0.1, -0.05) is 19.9 Å². The highest BCUT2D eigenvalue weighted by Crippen LogP contribution is 2.11. The fourth-order valence-electron chi connectivity index (χ4n) is 2.63. The molecule has 0 aliphatic carbocycles. The highest BCUT2D eigenvalue weighted by molar-refractivity contribution is 5.99. The van der Waals surface area contributed by atoms with E-state index in [9.17, 15) is 4.79 Å². The molecule has 0 radical (unpaired) electrons. The fourth-order valence-corrected chi connectivity index (χ4v) is 2.63. The number of aromatic nitrogens is 4. The van der Waals surface area contributed by atoms with Gasteiger partial charge in [0, 0.05) is 30.7 Å². The third kappa shape index (κ3) is 4.00. The predicted octanol–water partition coefficient (Wildman–Crippen LogP) is 1.90. The SMILES string of the molecule is CCN(CC)Cc1cnc2c(C(=O)NCc3ccccn3)cnn2c1. The number of nitrogens with one attached hydrogen (secondary N) is 1. The van der Waals surface area contributed by atoms with Crippen LogP contribution in [0.2, 0.25) is 0 Å². The monoisotopic (exact) mass is 338 g/mol. The van der Waals surface area contributed by atoms with Crippen molar-refractivity contribution in [1.82, 2.24) is 29.8 Å². The molecule has 25 heavy (non-hydrogen) atoms. The standard InChI is InChI=1S/C18H22N6O/c1-3-23(4-2)12-14-9-20-17-16(11-22-24(17)13-14)18(25)21-10-15-7-5-6-8-19-15/h5-9,11,13H,3-4,10,12H2,1-2H3,(H,21,25). The van der Waals surface area contributed by atoms with Crippen molar-refractivity contribution in [3.05, 3.63) is 59.8 Å². The van der Waals surface area contributed by atoms with Crippen molar-refractivity contribution in [2.75, 3.05) is 13.1 Å². The first-order chi connectivity index (χ1) is 12.2. The maximum atomic E-state index is 12.4. The first kappa shape index (κ1) is 17.0. The average Bonchev–Trinajstić information content (AvgIpc) is 3.08. The van der Waals surface area contributed by atoms with E-state index in [0.717, 1.165) is 30.9 Å². The van der Waals surface area contributed by atoms with Crippen LogP contribution in [0.15, 0.2) is 43.0 Å². The molecule has 0 saturated heterocycles. The summed E-state index contributed by atoms with van der Waals surface area (Å²) in [6.07, 6.45) is 6.99.